The smallest absolute Gasteiger partial charge is 0.262 e. The zero-order valence-corrected chi connectivity index (χ0v) is 10.3. The van der Waals surface area contributed by atoms with Crippen LogP contribution >= 0.6 is 11.8 Å². The van der Waals surface area contributed by atoms with Gasteiger partial charge in [0, 0.05) is 6.20 Å². The van der Waals surface area contributed by atoms with E-state index in [-0.39, 0.29) is 0 Å². The Morgan fingerprint density at radius 2 is 2.06 bits per heavy atom. The molecule has 4 nitrogen and oxygen atoms in total. The molecule has 0 aromatic carbocycles. The zero-order chi connectivity index (χ0) is 11.7. The molecule has 0 saturated carbocycles. The van der Waals surface area contributed by atoms with Crippen LogP contribution in [0.5, 0.6) is 0 Å². The molecule has 0 spiro atoms. The van der Waals surface area contributed by atoms with Crippen LogP contribution in [0.15, 0.2) is 26.9 Å². The van der Waals surface area contributed by atoms with Crippen molar-refractivity contribution in [3.8, 4) is 0 Å². The number of nitrogens with two attached hydrogens (primary N) is 1. The lowest BCUT2D eigenvalue weighted by Crippen LogP contribution is -1.92. The molecule has 16 heavy (non-hydrogen) atoms. The fourth-order valence-electron chi connectivity index (χ4n) is 1.23. The van der Waals surface area contributed by atoms with Gasteiger partial charge in [-0.1, -0.05) is 0 Å². The Balaban J connectivity index is 2.27. The first kappa shape index (κ1) is 11.0. The summed E-state index contributed by atoms with van der Waals surface area (Å²) in [7, 11) is 0. The van der Waals surface area contributed by atoms with Gasteiger partial charge in [-0.15, -0.1) is 0 Å². The van der Waals surface area contributed by atoms with Crippen LogP contribution in [0.1, 0.15) is 17.0 Å². The third-order valence-corrected chi connectivity index (χ3v) is 3.09. The van der Waals surface area contributed by atoms with E-state index < -0.39 is 0 Å². The summed E-state index contributed by atoms with van der Waals surface area (Å²) in [4.78, 5) is 8.52. The van der Waals surface area contributed by atoms with Crippen molar-refractivity contribution < 1.29 is 4.42 Å². The van der Waals surface area contributed by atoms with Crippen LogP contribution in [0.2, 0.25) is 0 Å². The molecule has 5 heteroatoms. The molecule has 0 fully saturated rings. The summed E-state index contributed by atoms with van der Waals surface area (Å²) >= 11 is 1.34. The van der Waals surface area contributed by atoms with Gasteiger partial charge in [0.15, 0.2) is 0 Å². The maximum absolute atomic E-state index is 5.86. The lowest BCUT2D eigenvalue weighted by atomic mass is 10.3. The number of hydrogen-bond donors (Lipinski definition) is 1. The van der Waals surface area contributed by atoms with Crippen LogP contribution in [-0.2, 0) is 0 Å². The fourth-order valence-corrected chi connectivity index (χ4v) is 2.03. The quantitative estimate of drug-likeness (QED) is 0.867. The van der Waals surface area contributed by atoms with Crippen molar-refractivity contribution in [2.24, 2.45) is 0 Å². The van der Waals surface area contributed by atoms with Gasteiger partial charge in [-0.25, -0.2) is 9.97 Å². The molecule has 0 aliphatic rings. The van der Waals surface area contributed by atoms with E-state index in [2.05, 4.69) is 9.97 Å². The Kier molecular flexibility index (Phi) is 2.87. The molecular weight excluding hydrogens is 222 g/mol. The predicted molar refractivity (Wildman–Crippen MR) is 63.5 cm³/mol. The van der Waals surface area contributed by atoms with Crippen LogP contribution in [0.25, 0.3) is 0 Å². The van der Waals surface area contributed by atoms with Crippen LogP contribution in [0, 0.1) is 20.8 Å². The van der Waals surface area contributed by atoms with Gasteiger partial charge in [-0.3, -0.25) is 0 Å². The minimum absolute atomic E-state index is 0.582. The summed E-state index contributed by atoms with van der Waals surface area (Å²) in [5, 5.41) is 1.31. The minimum atomic E-state index is 0.582. The van der Waals surface area contributed by atoms with Gasteiger partial charge in [0.25, 0.3) is 5.22 Å². The molecule has 0 unspecified atom stereocenters. The number of nitrogen functional groups attached to an aromatic ring is 1. The summed E-state index contributed by atoms with van der Waals surface area (Å²) in [6.07, 6.45) is 1.78. The molecule has 0 atom stereocenters. The summed E-state index contributed by atoms with van der Waals surface area (Å²) < 4.78 is 5.46. The van der Waals surface area contributed by atoms with Gasteiger partial charge in [0.05, 0.1) is 11.4 Å². The Bertz CT molecular complexity index is 502. The topological polar surface area (TPSA) is 64.9 Å². The molecule has 0 bridgehead atoms. The molecule has 2 heterocycles. The summed E-state index contributed by atoms with van der Waals surface area (Å²) in [6.45, 7) is 5.75. The van der Waals surface area contributed by atoms with Crippen molar-refractivity contribution in [1.29, 1.82) is 0 Å². The van der Waals surface area contributed by atoms with Crippen LogP contribution < -0.4 is 5.73 Å². The fraction of sp³-hybridized carbons (Fsp3) is 0.273. The van der Waals surface area contributed by atoms with Crippen LogP contribution in [0.4, 0.5) is 5.69 Å². The summed E-state index contributed by atoms with van der Waals surface area (Å²) in [5.41, 5.74) is 8.45. The van der Waals surface area contributed by atoms with E-state index >= 15 is 0 Å². The maximum atomic E-state index is 5.86. The molecule has 0 saturated heterocycles. The lowest BCUT2D eigenvalue weighted by molar-refractivity contribution is 0.431. The van der Waals surface area contributed by atoms with Gasteiger partial charge < -0.3 is 10.2 Å². The Morgan fingerprint density at radius 3 is 2.62 bits per heavy atom. The molecule has 2 rings (SSSR count). The van der Waals surface area contributed by atoms with E-state index in [1.807, 2.05) is 26.8 Å². The highest BCUT2D eigenvalue weighted by atomic mass is 32.2. The Morgan fingerprint density at radius 1 is 1.31 bits per heavy atom. The van der Waals surface area contributed by atoms with Crippen LogP contribution in [0.3, 0.4) is 0 Å². The standard InChI is InChI=1S/C11H13N3OS/c1-6-4-9(12)10(13-5-6)16-11-14-7(2)8(3)15-11/h4-5H,12H2,1-3H3. The number of nitrogens with zero attached hydrogens (tertiary/aromatic N) is 2. The molecule has 84 valence electrons. The van der Waals surface area contributed by atoms with E-state index in [9.17, 15) is 0 Å². The van der Waals surface area contributed by atoms with Gasteiger partial charge in [-0.05, 0) is 44.2 Å². The number of rotatable bonds is 2. The van der Waals surface area contributed by atoms with Crippen molar-refractivity contribution in [2.45, 2.75) is 31.0 Å². The van der Waals surface area contributed by atoms with Gasteiger partial charge in [0.2, 0.25) is 0 Å². The predicted octanol–water partition coefficient (Wildman–Crippen LogP) is 2.73. The maximum Gasteiger partial charge on any atom is 0.262 e. The van der Waals surface area contributed by atoms with Crippen molar-refractivity contribution in [3.05, 3.63) is 29.3 Å². The third kappa shape index (κ3) is 2.19. The molecule has 0 radical (unpaired) electrons. The first-order chi connectivity index (χ1) is 7.56. The molecule has 0 aliphatic carbocycles. The average Bonchev–Trinajstić information content (AvgIpc) is 2.51. The Hall–Kier alpha value is -1.49. The highest BCUT2D eigenvalue weighted by Crippen LogP contribution is 2.30. The van der Waals surface area contributed by atoms with Crippen molar-refractivity contribution in [1.82, 2.24) is 9.97 Å². The molecule has 0 amide bonds. The molecule has 0 aliphatic heterocycles. The minimum Gasteiger partial charge on any atom is -0.436 e. The number of pyridine rings is 1. The molecular formula is C11H13N3OS. The second-order valence-corrected chi connectivity index (χ2v) is 4.57. The van der Waals surface area contributed by atoms with Crippen molar-refractivity contribution in [3.63, 3.8) is 0 Å². The lowest BCUT2D eigenvalue weighted by Gasteiger charge is -2.01. The molecule has 2 aromatic rings. The van der Waals surface area contributed by atoms with E-state index in [4.69, 9.17) is 10.2 Å². The SMILES string of the molecule is Cc1cnc(Sc2nc(C)c(C)o2)c(N)c1. The number of aromatic nitrogens is 2. The van der Waals surface area contributed by atoms with Gasteiger partial charge in [-0.2, -0.15) is 0 Å². The summed E-state index contributed by atoms with van der Waals surface area (Å²) in [6, 6.07) is 1.89. The van der Waals surface area contributed by atoms with Crippen molar-refractivity contribution >= 4 is 17.4 Å². The second-order valence-electron chi connectivity index (χ2n) is 3.63. The van der Waals surface area contributed by atoms with E-state index in [0.29, 0.717) is 10.9 Å². The highest BCUT2D eigenvalue weighted by Gasteiger charge is 2.10. The van der Waals surface area contributed by atoms with Crippen LogP contribution in [-0.4, -0.2) is 9.97 Å². The number of anilines is 1. The first-order valence-corrected chi connectivity index (χ1v) is 5.72. The van der Waals surface area contributed by atoms with Gasteiger partial charge in [0.1, 0.15) is 10.8 Å². The van der Waals surface area contributed by atoms with Crippen molar-refractivity contribution in [2.75, 3.05) is 5.73 Å². The number of aryl methyl sites for hydroxylation is 3. The van der Waals surface area contributed by atoms with Gasteiger partial charge >= 0.3 is 0 Å². The number of oxazole rings is 1. The number of hydrogen-bond acceptors (Lipinski definition) is 5. The zero-order valence-electron chi connectivity index (χ0n) is 9.44. The monoisotopic (exact) mass is 235 g/mol. The average molecular weight is 235 g/mol. The summed E-state index contributed by atoms with van der Waals surface area (Å²) in [5.74, 6) is 0.827. The Labute approximate surface area is 98.3 Å². The molecule has 2 N–H and O–H groups in total. The molecule has 2 aromatic heterocycles. The first-order valence-electron chi connectivity index (χ1n) is 4.90. The second kappa shape index (κ2) is 4.17. The van der Waals surface area contributed by atoms with E-state index in [1.54, 1.807) is 6.20 Å². The third-order valence-electron chi connectivity index (χ3n) is 2.21. The van der Waals surface area contributed by atoms with E-state index in [0.717, 1.165) is 22.0 Å². The van der Waals surface area contributed by atoms with E-state index in [1.165, 1.54) is 11.8 Å². The largest absolute Gasteiger partial charge is 0.436 e. The highest BCUT2D eigenvalue weighted by molar-refractivity contribution is 7.99. The normalized spacial score (nSPS) is 10.7.